The minimum absolute atomic E-state index is 0.143. The number of para-hydroxylation sites is 2. The summed E-state index contributed by atoms with van der Waals surface area (Å²) in [5.41, 5.74) is 1.99. The zero-order chi connectivity index (χ0) is 16.2. The average molecular weight is 333 g/mol. The van der Waals surface area contributed by atoms with Gasteiger partial charge in [-0.3, -0.25) is 4.79 Å². The summed E-state index contributed by atoms with van der Waals surface area (Å²) in [6.45, 7) is 3.75. The van der Waals surface area contributed by atoms with Gasteiger partial charge in [0.05, 0.1) is 22.0 Å². The predicted octanol–water partition coefficient (Wildman–Crippen LogP) is 2.59. The van der Waals surface area contributed by atoms with Crippen LogP contribution in [0.5, 0.6) is 0 Å². The van der Waals surface area contributed by atoms with Crippen LogP contribution in [-0.2, 0) is 4.79 Å². The van der Waals surface area contributed by atoms with E-state index in [1.807, 2.05) is 29.2 Å². The lowest BCUT2D eigenvalue weighted by Crippen LogP contribution is -2.41. The van der Waals surface area contributed by atoms with Gasteiger partial charge in [-0.2, -0.15) is 0 Å². The van der Waals surface area contributed by atoms with E-state index < -0.39 is 0 Å². The number of carbonyl (C=O) groups excluding carboxylic acids is 1. The lowest BCUT2D eigenvalue weighted by atomic mass is 9.99. The Morgan fingerprint density at radius 3 is 3.13 bits per heavy atom. The highest BCUT2D eigenvalue weighted by atomic mass is 32.2. The molecule has 0 aliphatic carbocycles. The van der Waals surface area contributed by atoms with Crippen LogP contribution in [-0.4, -0.2) is 51.3 Å². The van der Waals surface area contributed by atoms with Gasteiger partial charge in [-0.05, 0) is 37.8 Å². The normalized spacial score (nSPS) is 19.9. The van der Waals surface area contributed by atoms with Gasteiger partial charge in [-0.15, -0.1) is 11.8 Å². The van der Waals surface area contributed by atoms with E-state index in [4.69, 9.17) is 0 Å². The SMILES string of the molecule is CC(SCC(=O)N1CCCC(CO)C1)c1nc2ccccc2[nH]1. The first-order valence-corrected chi connectivity index (χ1v) is 9.17. The number of nitrogens with zero attached hydrogens (tertiary/aromatic N) is 2. The molecule has 1 fully saturated rings. The Hall–Kier alpha value is -1.53. The van der Waals surface area contributed by atoms with Crippen LogP contribution in [0.2, 0.25) is 0 Å². The van der Waals surface area contributed by atoms with Crippen molar-refractivity contribution in [2.75, 3.05) is 25.4 Å². The Labute approximate surface area is 140 Å². The maximum absolute atomic E-state index is 12.4. The Morgan fingerprint density at radius 2 is 2.35 bits per heavy atom. The highest BCUT2D eigenvalue weighted by Gasteiger charge is 2.23. The molecule has 2 atom stereocenters. The largest absolute Gasteiger partial charge is 0.396 e. The van der Waals surface area contributed by atoms with Gasteiger partial charge in [-0.25, -0.2) is 4.98 Å². The molecular formula is C17H23N3O2S. The fourth-order valence-corrected chi connectivity index (χ4v) is 3.82. The summed E-state index contributed by atoms with van der Waals surface area (Å²) in [5.74, 6) is 1.77. The molecule has 1 aromatic heterocycles. The van der Waals surface area contributed by atoms with Crippen molar-refractivity contribution in [1.29, 1.82) is 0 Å². The topological polar surface area (TPSA) is 69.2 Å². The van der Waals surface area contributed by atoms with Crippen LogP contribution in [0.25, 0.3) is 11.0 Å². The minimum atomic E-state index is 0.143. The maximum atomic E-state index is 12.4. The van der Waals surface area contributed by atoms with Gasteiger partial charge < -0.3 is 15.0 Å². The van der Waals surface area contributed by atoms with Crippen molar-refractivity contribution in [3.8, 4) is 0 Å². The summed E-state index contributed by atoms with van der Waals surface area (Å²) in [4.78, 5) is 22.2. The van der Waals surface area contributed by atoms with Crippen LogP contribution in [0.15, 0.2) is 24.3 Å². The molecule has 0 bridgehead atoms. The number of carbonyl (C=O) groups is 1. The smallest absolute Gasteiger partial charge is 0.232 e. The van der Waals surface area contributed by atoms with Crippen molar-refractivity contribution < 1.29 is 9.90 Å². The number of aromatic amines is 1. The first kappa shape index (κ1) is 16.3. The van der Waals surface area contributed by atoms with E-state index in [-0.39, 0.29) is 23.7 Å². The predicted molar refractivity (Wildman–Crippen MR) is 93.4 cm³/mol. The monoisotopic (exact) mass is 333 g/mol. The van der Waals surface area contributed by atoms with Crippen molar-refractivity contribution in [3.05, 3.63) is 30.1 Å². The zero-order valence-electron chi connectivity index (χ0n) is 13.4. The number of aromatic nitrogens is 2. The number of imidazole rings is 1. The molecule has 1 saturated heterocycles. The average Bonchev–Trinajstić information content (AvgIpc) is 3.03. The van der Waals surface area contributed by atoms with Crippen molar-refractivity contribution in [1.82, 2.24) is 14.9 Å². The summed E-state index contributed by atoms with van der Waals surface area (Å²) in [5, 5.41) is 9.41. The van der Waals surface area contributed by atoms with Crippen molar-refractivity contribution >= 4 is 28.7 Å². The number of thioether (sulfide) groups is 1. The van der Waals surface area contributed by atoms with Crippen LogP contribution in [0.3, 0.4) is 0 Å². The van der Waals surface area contributed by atoms with E-state index in [9.17, 15) is 9.90 Å². The number of hydrogen-bond donors (Lipinski definition) is 2. The summed E-state index contributed by atoms with van der Waals surface area (Å²) in [6, 6.07) is 7.96. The number of aliphatic hydroxyl groups is 1. The number of likely N-dealkylation sites (tertiary alicyclic amines) is 1. The van der Waals surface area contributed by atoms with Crippen LogP contribution in [0.1, 0.15) is 30.8 Å². The number of rotatable bonds is 5. The first-order chi connectivity index (χ1) is 11.2. The van der Waals surface area contributed by atoms with Crippen molar-refractivity contribution in [3.63, 3.8) is 0 Å². The number of H-pyrrole nitrogens is 1. The molecule has 0 spiro atoms. The van der Waals surface area contributed by atoms with Crippen molar-refractivity contribution in [2.24, 2.45) is 5.92 Å². The zero-order valence-corrected chi connectivity index (χ0v) is 14.2. The second-order valence-corrected chi connectivity index (χ2v) is 7.45. The molecular weight excluding hydrogens is 310 g/mol. The van der Waals surface area contributed by atoms with Crippen molar-refractivity contribution in [2.45, 2.75) is 25.0 Å². The molecule has 2 heterocycles. The lowest BCUT2D eigenvalue weighted by Gasteiger charge is -2.32. The van der Waals surface area contributed by atoms with Gasteiger partial charge >= 0.3 is 0 Å². The lowest BCUT2D eigenvalue weighted by molar-refractivity contribution is -0.130. The molecule has 3 rings (SSSR count). The molecule has 2 aromatic rings. The van der Waals surface area contributed by atoms with E-state index in [1.54, 1.807) is 11.8 Å². The van der Waals surface area contributed by atoms with Gasteiger partial charge in [0, 0.05) is 19.7 Å². The second kappa shape index (κ2) is 7.36. The molecule has 0 radical (unpaired) electrons. The van der Waals surface area contributed by atoms with Gasteiger partial charge in [-0.1, -0.05) is 12.1 Å². The molecule has 2 unspecified atom stereocenters. The molecule has 1 aliphatic rings. The molecule has 1 aliphatic heterocycles. The summed E-state index contributed by atoms with van der Waals surface area (Å²) in [7, 11) is 0. The number of aliphatic hydroxyl groups excluding tert-OH is 1. The standard InChI is InChI=1S/C17H23N3O2S/c1-12(17-18-14-6-2-3-7-15(14)19-17)23-11-16(22)20-8-4-5-13(9-20)10-21/h2-3,6-7,12-13,21H,4-5,8-11H2,1H3,(H,18,19). The van der Waals surface area contributed by atoms with E-state index in [0.717, 1.165) is 36.2 Å². The molecule has 23 heavy (non-hydrogen) atoms. The van der Waals surface area contributed by atoms with Crippen LogP contribution in [0, 0.1) is 5.92 Å². The van der Waals surface area contributed by atoms with Gasteiger partial charge in [0.1, 0.15) is 5.82 Å². The number of benzene rings is 1. The van der Waals surface area contributed by atoms with Crippen LogP contribution < -0.4 is 0 Å². The van der Waals surface area contributed by atoms with Gasteiger partial charge in [0.25, 0.3) is 0 Å². The third-order valence-corrected chi connectivity index (χ3v) is 5.52. The van der Waals surface area contributed by atoms with Gasteiger partial charge in [0.15, 0.2) is 0 Å². The molecule has 1 aromatic carbocycles. The van der Waals surface area contributed by atoms with Gasteiger partial charge in [0.2, 0.25) is 5.91 Å². The Kier molecular flexibility index (Phi) is 5.23. The number of piperidine rings is 1. The Balaban J connectivity index is 1.55. The highest BCUT2D eigenvalue weighted by molar-refractivity contribution is 8.00. The Bertz CT molecular complexity index is 640. The fourth-order valence-electron chi connectivity index (χ4n) is 2.97. The van der Waals surface area contributed by atoms with E-state index in [2.05, 4.69) is 16.9 Å². The molecule has 1 amide bonds. The van der Waals surface area contributed by atoms with Crippen LogP contribution in [0.4, 0.5) is 0 Å². The molecule has 5 nitrogen and oxygen atoms in total. The minimum Gasteiger partial charge on any atom is -0.396 e. The van der Waals surface area contributed by atoms with E-state index >= 15 is 0 Å². The Morgan fingerprint density at radius 1 is 1.52 bits per heavy atom. The maximum Gasteiger partial charge on any atom is 0.232 e. The third kappa shape index (κ3) is 3.87. The van der Waals surface area contributed by atoms with E-state index in [0.29, 0.717) is 12.3 Å². The number of fused-ring (bicyclic) bond motifs is 1. The quantitative estimate of drug-likeness (QED) is 0.882. The summed E-state index contributed by atoms with van der Waals surface area (Å²) < 4.78 is 0. The third-order valence-electron chi connectivity index (χ3n) is 4.38. The molecule has 124 valence electrons. The first-order valence-electron chi connectivity index (χ1n) is 8.12. The number of amides is 1. The number of hydrogen-bond acceptors (Lipinski definition) is 4. The number of nitrogens with one attached hydrogen (secondary N) is 1. The second-order valence-electron chi connectivity index (χ2n) is 6.12. The van der Waals surface area contributed by atoms with E-state index in [1.165, 1.54) is 0 Å². The summed E-state index contributed by atoms with van der Waals surface area (Å²) in [6.07, 6.45) is 2.00. The fraction of sp³-hybridized carbons (Fsp3) is 0.529. The van der Waals surface area contributed by atoms with Crippen LogP contribution >= 0.6 is 11.8 Å². The molecule has 2 N–H and O–H groups in total. The molecule has 6 heteroatoms. The molecule has 0 saturated carbocycles. The highest BCUT2D eigenvalue weighted by Crippen LogP contribution is 2.28. The summed E-state index contributed by atoms with van der Waals surface area (Å²) >= 11 is 1.61.